The second kappa shape index (κ2) is 44.1. The summed E-state index contributed by atoms with van der Waals surface area (Å²) in [4.78, 5) is 0. The van der Waals surface area contributed by atoms with E-state index in [0.29, 0.717) is 0 Å². The maximum atomic E-state index is 0. The van der Waals surface area contributed by atoms with Crippen molar-refractivity contribution in [2.75, 3.05) is 0 Å². The quantitative estimate of drug-likeness (QED) is 0.339. The molecule has 0 saturated heterocycles. The van der Waals surface area contributed by atoms with Crippen LogP contribution in [-0.4, -0.2) is 0 Å². The molecular formula is Cl4Fe. The molecule has 0 aliphatic heterocycles. The fraction of sp³-hybridized carbons (Fsp3) is 0. The first kappa shape index (κ1) is 76.4. The minimum Gasteiger partial charge on any atom is -1.00 e. The van der Waals surface area contributed by atoms with Crippen molar-refractivity contribution >= 4 is 0 Å². The van der Waals surface area contributed by atoms with Crippen molar-refractivity contribution in [3.63, 3.8) is 0 Å². The van der Waals surface area contributed by atoms with Gasteiger partial charge in [-0.1, -0.05) is 0 Å². The van der Waals surface area contributed by atoms with Crippen molar-refractivity contribution in [3.8, 4) is 0 Å². The second-order valence-corrected chi connectivity index (χ2v) is 0. The fourth-order valence-corrected chi connectivity index (χ4v) is 0. The van der Waals surface area contributed by atoms with E-state index in [9.17, 15) is 0 Å². The monoisotopic (exact) mass is 196 g/mol. The van der Waals surface area contributed by atoms with E-state index in [1.807, 2.05) is 0 Å². The Hall–Kier alpha value is 1.68. The summed E-state index contributed by atoms with van der Waals surface area (Å²) in [5, 5.41) is 0. The SMILES string of the molecule is [Cl-].[Cl-].[Cl-].[Cl-].[Fe+4]. The van der Waals surface area contributed by atoms with E-state index in [0.717, 1.165) is 0 Å². The summed E-state index contributed by atoms with van der Waals surface area (Å²) < 4.78 is 0. The van der Waals surface area contributed by atoms with Gasteiger partial charge < -0.3 is 49.6 Å². The molecule has 0 heterocycles. The third-order valence-electron chi connectivity index (χ3n) is 0. The Bertz CT molecular complexity index is 3.61. The average Bonchev–Trinajstić information content (AvgIpc) is 0. The standard InChI is InChI=1S/4ClH.Fe/h4*1H;/q;;;;+4/p-4. The van der Waals surface area contributed by atoms with Gasteiger partial charge >= 0.3 is 17.1 Å². The van der Waals surface area contributed by atoms with Crippen molar-refractivity contribution in [1.29, 1.82) is 0 Å². The summed E-state index contributed by atoms with van der Waals surface area (Å²) in [6.07, 6.45) is 0. The predicted molar refractivity (Wildman–Crippen MR) is 0 cm³/mol. The average molecular weight is 198 g/mol. The van der Waals surface area contributed by atoms with Gasteiger partial charge in [0.25, 0.3) is 0 Å². The molecule has 0 aliphatic carbocycles. The number of hydrogen-bond acceptors (Lipinski definition) is 0. The maximum absolute atomic E-state index is 0. The van der Waals surface area contributed by atoms with Crippen LogP contribution in [0.2, 0.25) is 0 Å². The van der Waals surface area contributed by atoms with Crippen LogP contribution in [0.3, 0.4) is 0 Å². The summed E-state index contributed by atoms with van der Waals surface area (Å²) in [5.74, 6) is 0. The second-order valence-electron chi connectivity index (χ2n) is 0. The minimum absolute atomic E-state index is 0. The molecule has 0 unspecified atom stereocenters. The molecule has 0 rings (SSSR count). The molecule has 0 atom stereocenters. The van der Waals surface area contributed by atoms with Crippen LogP contribution in [-0.2, 0) is 17.1 Å². The van der Waals surface area contributed by atoms with Crippen molar-refractivity contribution in [3.05, 3.63) is 0 Å². The van der Waals surface area contributed by atoms with E-state index in [4.69, 9.17) is 0 Å². The molecule has 0 saturated carbocycles. The van der Waals surface area contributed by atoms with Crippen LogP contribution in [0, 0.1) is 0 Å². The van der Waals surface area contributed by atoms with E-state index in [1.165, 1.54) is 0 Å². The first-order valence-corrected chi connectivity index (χ1v) is 0. The molecule has 0 bridgehead atoms. The topological polar surface area (TPSA) is 0 Å². The molecular weight excluding hydrogens is 198 g/mol. The van der Waals surface area contributed by atoms with Crippen molar-refractivity contribution in [2.45, 2.75) is 0 Å². The van der Waals surface area contributed by atoms with Gasteiger partial charge in [0.05, 0.1) is 0 Å². The molecule has 0 spiro atoms. The molecule has 5 heteroatoms. The van der Waals surface area contributed by atoms with E-state index in [2.05, 4.69) is 0 Å². The summed E-state index contributed by atoms with van der Waals surface area (Å²) in [6.45, 7) is 0. The van der Waals surface area contributed by atoms with Crippen LogP contribution in [0.4, 0.5) is 0 Å². The summed E-state index contributed by atoms with van der Waals surface area (Å²) >= 11 is 0. The van der Waals surface area contributed by atoms with E-state index in [-0.39, 0.29) is 66.7 Å². The van der Waals surface area contributed by atoms with Crippen LogP contribution >= 0.6 is 0 Å². The molecule has 0 aromatic carbocycles. The molecule has 0 radical (unpaired) electrons. The first-order chi connectivity index (χ1) is 0. The van der Waals surface area contributed by atoms with Gasteiger partial charge in [0.1, 0.15) is 0 Å². The van der Waals surface area contributed by atoms with Crippen LogP contribution in [0.1, 0.15) is 0 Å². The Morgan fingerprint density at radius 3 is 0.400 bits per heavy atom. The van der Waals surface area contributed by atoms with Crippen LogP contribution in [0.25, 0.3) is 0 Å². The molecule has 36 valence electrons. The summed E-state index contributed by atoms with van der Waals surface area (Å²) in [7, 11) is 0. The Morgan fingerprint density at radius 1 is 0.400 bits per heavy atom. The third kappa shape index (κ3) is 27.3. The maximum Gasteiger partial charge on any atom is 4.00 e. The number of hydrogen-bond donors (Lipinski definition) is 0. The third-order valence-corrected chi connectivity index (χ3v) is 0. The molecule has 0 aromatic rings. The zero-order valence-electron chi connectivity index (χ0n) is 1.87. The predicted octanol–water partition coefficient (Wildman–Crippen LogP) is -12.0. The minimum atomic E-state index is 0. The van der Waals surface area contributed by atoms with E-state index >= 15 is 0 Å². The smallest absolute Gasteiger partial charge is 1.00 e. The molecule has 0 N–H and O–H groups in total. The van der Waals surface area contributed by atoms with Gasteiger partial charge in [0.2, 0.25) is 0 Å². The van der Waals surface area contributed by atoms with Gasteiger partial charge in [-0.05, 0) is 0 Å². The van der Waals surface area contributed by atoms with Gasteiger partial charge in [-0.2, -0.15) is 0 Å². The largest absolute Gasteiger partial charge is 4.00 e. The molecule has 5 heavy (non-hydrogen) atoms. The van der Waals surface area contributed by atoms with Gasteiger partial charge in [0.15, 0.2) is 0 Å². The zero-order valence-corrected chi connectivity index (χ0v) is 5.99. The first-order valence-electron chi connectivity index (χ1n) is 0. The molecule has 0 nitrogen and oxygen atoms in total. The molecule has 0 aliphatic rings. The van der Waals surface area contributed by atoms with Crippen molar-refractivity contribution < 1.29 is 66.7 Å². The fourth-order valence-electron chi connectivity index (χ4n) is 0. The van der Waals surface area contributed by atoms with E-state index < -0.39 is 0 Å². The molecule has 0 fully saturated rings. The molecule has 0 amide bonds. The Labute approximate surface area is 66.6 Å². The normalized spacial score (nSPS) is 0. The van der Waals surface area contributed by atoms with Crippen LogP contribution < -0.4 is 49.6 Å². The summed E-state index contributed by atoms with van der Waals surface area (Å²) in [6, 6.07) is 0. The van der Waals surface area contributed by atoms with Gasteiger partial charge in [0, 0.05) is 0 Å². The Morgan fingerprint density at radius 2 is 0.400 bits per heavy atom. The number of halogens is 4. The van der Waals surface area contributed by atoms with Crippen LogP contribution in [0.15, 0.2) is 0 Å². The van der Waals surface area contributed by atoms with Gasteiger partial charge in [-0.25, -0.2) is 0 Å². The zero-order chi connectivity index (χ0) is 0. The number of rotatable bonds is 0. The van der Waals surface area contributed by atoms with Gasteiger partial charge in [-0.3, -0.25) is 0 Å². The van der Waals surface area contributed by atoms with Crippen molar-refractivity contribution in [1.82, 2.24) is 0 Å². The Kier molecular flexibility index (Phi) is 674. The van der Waals surface area contributed by atoms with Crippen molar-refractivity contribution in [2.24, 2.45) is 0 Å². The van der Waals surface area contributed by atoms with Crippen LogP contribution in [0.5, 0.6) is 0 Å². The summed E-state index contributed by atoms with van der Waals surface area (Å²) in [5.41, 5.74) is 0. The van der Waals surface area contributed by atoms with E-state index in [1.54, 1.807) is 0 Å². The molecule has 0 aromatic heterocycles. The van der Waals surface area contributed by atoms with Gasteiger partial charge in [-0.15, -0.1) is 0 Å². The Balaban J connectivity index is 0.